The van der Waals surface area contributed by atoms with Crippen LogP contribution in [0.4, 0.5) is 5.69 Å². The summed E-state index contributed by atoms with van der Waals surface area (Å²) in [7, 11) is 3.60. The molecule has 0 saturated carbocycles. The van der Waals surface area contributed by atoms with Crippen molar-refractivity contribution >= 4 is 17.5 Å². The van der Waals surface area contributed by atoms with Crippen LogP contribution in [0.15, 0.2) is 42.5 Å². The van der Waals surface area contributed by atoms with Crippen molar-refractivity contribution in [2.45, 2.75) is 19.1 Å². The number of carbonyl (C=O) groups excluding carboxylic acids is 2. The number of amides is 2. The highest BCUT2D eigenvalue weighted by molar-refractivity contribution is 6.35. The Morgan fingerprint density at radius 1 is 1.18 bits per heavy atom. The van der Waals surface area contributed by atoms with E-state index in [2.05, 4.69) is 15.5 Å². The maximum Gasteiger partial charge on any atom is 0.309 e. The van der Waals surface area contributed by atoms with Crippen LogP contribution in [-0.4, -0.2) is 44.2 Å². The smallest absolute Gasteiger partial charge is 0.309 e. The number of fused-ring (bicyclic) bond motifs is 1. The van der Waals surface area contributed by atoms with Crippen LogP contribution >= 0.6 is 0 Å². The number of likely N-dealkylation sites (N-methyl/N-ethyl adjacent to an activating group) is 1. The Morgan fingerprint density at radius 2 is 1.96 bits per heavy atom. The number of methoxy groups -OCH3 is 1. The van der Waals surface area contributed by atoms with Crippen LogP contribution in [0, 0.1) is 0 Å². The molecule has 1 aliphatic heterocycles. The van der Waals surface area contributed by atoms with Crippen LogP contribution in [-0.2, 0) is 22.6 Å². The number of anilines is 1. The summed E-state index contributed by atoms with van der Waals surface area (Å²) in [6.07, 6.45) is 0.0668. The second-order valence-electron chi connectivity index (χ2n) is 6.82. The van der Waals surface area contributed by atoms with Gasteiger partial charge in [0.05, 0.1) is 13.2 Å². The van der Waals surface area contributed by atoms with Gasteiger partial charge >= 0.3 is 11.8 Å². The molecule has 1 unspecified atom stereocenters. The Balaban J connectivity index is 1.48. The van der Waals surface area contributed by atoms with Gasteiger partial charge in [0.1, 0.15) is 5.75 Å². The molecule has 7 heteroatoms. The summed E-state index contributed by atoms with van der Waals surface area (Å²) >= 11 is 0. The third-order valence-electron chi connectivity index (χ3n) is 4.87. The zero-order chi connectivity index (χ0) is 20.1. The lowest BCUT2D eigenvalue weighted by Crippen LogP contribution is -2.41. The highest BCUT2D eigenvalue weighted by atomic mass is 16.5. The second-order valence-corrected chi connectivity index (χ2v) is 6.82. The van der Waals surface area contributed by atoms with Crippen molar-refractivity contribution in [1.29, 1.82) is 0 Å². The standard InChI is InChI=1S/C21H25N3O4/c1-24-9-8-15-11-16(6-7-18(15)24)19(25)13-23-21(27)20(26)22-12-14-4-3-5-17(10-14)28-2/h3-7,10-11,19,25H,8-9,12-13H2,1-2H3,(H,22,26)(H,23,27). The lowest BCUT2D eigenvalue weighted by atomic mass is 10.0. The Kier molecular flexibility index (Phi) is 6.16. The van der Waals surface area contributed by atoms with Gasteiger partial charge in [0.25, 0.3) is 0 Å². The number of carbonyl (C=O) groups is 2. The molecule has 1 aliphatic rings. The van der Waals surface area contributed by atoms with Gasteiger partial charge in [0.2, 0.25) is 0 Å². The van der Waals surface area contributed by atoms with E-state index in [-0.39, 0.29) is 13.1 Å². The van der Waals surface area contributed by atoms with Crippen molar-refractivity contribution in [3.05, 3.63) is 59.2 Å². The summed E-state index contributed by atoms with van der Waals surface area (Å²) in [5.74, 6) is -0.840. The first-order valence-corrected chi connectivity index (χ1v) is 9.19. The highest BCUT2D eigenvalue weighted by Crippen LogP contribution is 2.29. The van der Waals surface area contributed by atoms with Gasteiger partial charge in [-0.2, -0.15) is 0 Å². The number of nitrogens with zero attached hydrogens (tertiary/aromatic N) is 1. The van der Waals surface area contributed by atoms with Gasteiger partial charge in [-0.25, -0.2) is 0 Å². The van der Waals surface area contributed by atoms with E-state index in [1.54, 1.807) is 19.2 Å². The molecule has 2 amide bonds. The zero-order valence-corrected chi connectivity index (χ0v) is 16.1. The van der Waals surface area contributed by atoms with Crippen LogP contribution in [0.1, 0.15) is 22.8 Å². The fraction of sp³-hybridized carbons (Fsp3) is 0.333. The fourth-order valence-electron chi connectivity index (χ4n) is 3.23. The highest BCUT2D eigenvalue weighted by Gasteiger charge is 2.19. The molecule has 2 aromatic rings. The van der Waals surface area contributed by atoms with E-state index >= 15 is 0 Å². The molecule has 3 N–H and O–H groups in total. The van der Waals surface area contributed by atoms with Crippen LogP contribution in [0.3, 0.4) is 0 Å². The van der Waals surface area contributed by atoms with Gasteiger partial charge in [0.15, 0.2) is 0 Å². The third kappa shape index (κ3) is 4.61. The molecular formula is C21H25N3O4. The van der Waals surface area contributed by atoms with Gasteiger partial charge in [-0.1, -0.05) is 24.3 Å². The van der Waals surface area contributed by atoms with Crippen molar-refractivity contribution in [3.8, 4) is 5.75 Å². The van der Waals surface area contributed by atoms with E-state index in [1.165, 1.54) is 5.56 Å². The molecule has 2 aromatic carbocycles. The van der Waals surface area contributed by atoms with Crippen LogP contribution in [0.25, 0.3) is 0 Å². The molecule has 0 aliphatic carbocycles. The number of aliphatic hydroxyl groups is 1. The van der Waals surface area contributed by atoms with Crippen molar-refractivity contribution < 1.29 is 19.4 Å². The fourth-order valence-corrected chi connectivity index (χ4v) is 3.23. The van der Waals surface area contributed by atoms with Gasteiger partial charge in [-0.05, 0) is 41.3 Å². The summed E-state index contributed by atoms with van der Waals surface area (Å²) in [6.45, 7) is 1.14. The van der Waals surface area contributed by atoms with Crippen molar-refractivity contribution in [2.75, 3.05) is 32.1 Å². The minimum atomic E-state index is -0.869. The van der Waals surface area contributed by atoms with Gasteiger partial charge < -0.3 is 25.4 Å². The van der Waals surface area contributed by atoms with Crippen LogP contribution in [0.5, 0.6) is 5.75 Å². The molecule has 3 rings (SSSR count). The predicted molar refractivity (Wildman–Crippen MR) is 106 cm³/mol. The second kappa shape index (κ2) is 8.75. The first-order valence-electron chi connectivity index (χ1n) is 9.19. The van der Waals surface area contributed by atoms with E-state index in [1.807, 2.05) is 37.4 Å². The van der Waals surface area contributed by atoms with E-state index in [9.17, 15) is 14.7 Å². The molecule has 0 spiro atoms. The first-order chi connectivity index (χ1) is 13.5. The van der Waals surface area contributed by atoms with E-state index < -0.39 is 17.9 Å². The average Bonchev–Trinajstić information content (AvgIpc) is 3.10. The minimum absolute atomic E-state index is 0.0277. The molecule has 1 heterocycles. The lowest BCUT2D eigenvalue weighted by Gasteiger charge is -2.15. The largest absolute Gasteiger partial charge is 0.497 e. The number of nitrogens with one attached hydrogen (secondary N) is 2. The molecule has 0 aromatic heterocycles. The van der Waals surface area contributed by atoms with Crippen LogP contribution in [0.2, 0.25) is 0 Å². The van der Waals surface area contributed by atoms with Gasteiger partial charge in [-0.3, -0.25) is 9.59 Å². The number of benzene rings is 2. The molecule has 0 saturated heterocycles. The Hall–Kier alpha value is -3.06. The molecule has 0 radical (unpaired) electrons. The minimum Gasteiger partial charge on any atom is -0.497 e. The molecule has 7 nitrogen and oxygen atoms in total. The third-order valence-corrected chi connectivity index (χ3v) is 4.87. The Morgan fingerprint density at radius 3 is 2.75 bits per heavy atom. The monoisotopic (exact) mass is 383 g/mol. The lowest BCUT2D eigenvalue weighted by molar-refractivity contribution is -0.139. The first kappa shape index (κ1) is 19.7. The summed E-state index contributed by atoms with van der Waals surface area (Å²) in [5.41, 5.74) is 3.90. The quantitative estimate of drug-likeness (QED) is 0.651. The van der Waals surface area contributed by atoms with Gasteiger partial charge in [-0.15, -0.1) is 0 Å². The normalized spacial score (nSPS) is 13.6. The predicted octanol–water partition coefficient (Wildman–Crippen LogP) is 1.15. The molecule has 1 atom stereocenters. The number of ether oxygens (including phenoxy) is 1. The van der Waals surface area contributed by atoms with Crippen LogP contribution < -0.4 is 20.3 Å². The van der Waals surface area contributed by atoms with E-state index in [0.29, 0.717) is 5.75 Å². The molecule has 0 bridgehead atoms. The Labute approximate surface area is 164 Å². The summed E-state index contributed by atoms with van der Waals surface area (Å²) < 4.78 is 5.13. The average molecular weight is 383 g/mol. The molecular weight excluding hydrogens is 358 g/mol. The van der Waals surface area contributed by atoms with Crippen molar-refractivity contribution in [2.24, 2.45) is 0 Å². The summed E-state index contributed by atoms with van der Waals surface area (Å²) in [5, 5.41) is 15.4. The van der Waals surface area contributed by atoms with E-state index in [4.69, 9.17) is 4.74 Å². The SMILES string of the molecule is COc1cccc(CNC(=O)C(=O)NCC(O)c2ccc3c(c2)CCN3C)c1. The molecule has 0 fully saturated rings. The number of hydrogen-bond acceptors (Lipinski definition) is 5. The van der Waals surface area contributed by atoms with Crippen molar-refractivity contribution in [1.82, 2.24) is 10.6 Å². The summed E-state index contributed by atoms with van der Waals surface area (Å²) in [4.78, 5) is 26.1. The van der Waals surface area contributed by atoms with Gasteiger partial charge in [0, 0.05) is 32.4 Å². The number of rotatable bonds is 6. The van der Waals surface area contributed by atoms with Crippen molar-refractivity contribution in [3.63, 3.8) is 0 Å². The zero-order valence-electron chi connectivity index (χ0n) is 16.1. The maximum atomic E-state index is 12.0. The summed E-state index contributed by atoms with van der Waals surface area (Å²) in [6, 6.07) is 13.0. The molecule has 28 heavy (non-hydrogen) atoms. The number of hydrogen-bond donors (Lipinski definition) is 3. The topological polar surface area (TPSA) is 90.9 Å². The Bertz CT molecular complexity index is 868. The number of aliphatic hydroxyl groups excluding tert-OH is 1. The van der Waals surface area contributed by atoms with E-state index in [0.717, 1.165) is 29.8 Å². The molecule has 148 valence electrons. The maximum absolute atomic E-state index is 12.0.